The van der Waals surface area contributed by atoms with Gasteiger partial charge in [0.25, 0.3) is 5.91 Å². The topological polar surface area (TPSA) is 53.1 Å². The zero-order valence-electron chi connectivity index (χ0n) is 17.9. The fourth-order valence-corrected chi connectivity index (χ4v) is 5.57. The molecule has 3 atom stereocenters. The molecule has 6 nitrogen and oxygen atoms in total. The van der Waals surface area contributed by atoms with E-state index in [1.165, 1.54) is 0 Å². The minimum absolute atomic E-state index is 0.00110. The van der Waals surface area contributed by atoms with E-state index in [0.29, 0.717) is 18.7 Å². The Morgan fingerprint density at radius 3 is 2.35 bits per heavy atom. The molecule has 1 saturated carbocycles. The number of para-hydroxylation sites is 2. The van der Waals surface area contributed by atoms with Crippen molar-refractivity contribution in [1.82, 2.24) is 9.80 Å². The van der Waals surface area contributed by atoms with Gasteiger partial charge < -0.3 is 19.4 Å². The number of hydrogen-bond donors (Lipinski definition) is 0. The second-order valence-corrected chi connectivity index (χ2v) is 8.73. The zero-order valence-corrected chi connectivity index (χ0v) is 17.9. The standard InChI is InChI=1S/C25H29N3O3/c1-31-22-10-6-5-9-21(22)26-13-15-27(16-14-26)25(30)23-19-11-12-20(17-19)28(23)24(29)18-7-3-2-4-8-18/h2-10,19-20,23H,11-17H2,1H3. The minimum atomic E-state index is -0.315. The van der Waals surface area contributed by atoms with Crippen LogP contribution in [-0.4, -0.2) is 67.0 Å². The Morgan fingerprint density at radius 1 is 0.903 bits per heavy atom. The van der Waals surface area contributed by atoms with Gasteiger partial charge in [0, 0.05) is 37.8 Å². The van der Waals surface area contributed by atoms with E-state index in [1.54, 1.807) is 7.11 Å². The first-order valence-electron chi connectivity index (χ1n) is 11.2. The van der Waals surface area contributed by atoms with Gasteiger partial charge in [0.15, 0.2) is 0 Å². The quantitative estimate of drug-likeness (QED) is 0.765. The summed E-state index contributed by atoms with van der Waals surface area (Å²) in [6.45, 7) is 2.86. The van der Waals surface area contributed by atoms with E-state index in [2.05, 4.69) is 11.0 Å². The van der Waals surface area contributed by atoms with Crippen LogP contribution in [0.3, 0.4) is 0 Å². The van der Waals surface area contributed by atoms with E-state index in [-0.39, 0.29) is 29.8 Å². The molecule has 2 aromatic rings. The number of likely N-dealkylation sites (tertiary alicyclic amines) is 1. The summed E-state index contributed by atoms with van der Waals surface area (Å²) < 4.78 is 5.50. The number of piperidine rings is 1. The predicted octanol–water partition coefficient (Wildman–Crippen LogP) is 3.04. The van der Waals surface area contributed by atoms with E-state index in [1.807, 2.05) is 58.3 Å². The molecular weight excluding hydrogens is 390 g/mol. The van der Waals surface area contributed by atoms with Gasteiger partial charge in [-0.2, -0.15) is 0 Å². The molecule has 1 aliphatic carbocycles. The van der Waals surface area contributed by atoms with Crippen molar-refractivity contribution < 1.29 is 14.3 Å². The van der Waals surface area contributed by atoms with Crippen LogP contribution in [0.25, 0.3) is 0 Å². The summed E-state index contributed by atoms with van der Waals surface area (Å²) in [4.78, 5) is 33.0. The summed E-state index contributed by atoms with van der Waals surface area (Å²) in [6, 6.07) is 17.3. The van der Waals surface area contributed by atoms with E-state index >= 15 is 0 Å². The number of piperazine rings is 1. The van der Waals surface area contributed by atoms with Gasteiger partial charge in [-0.25, -0.2) is 0 Å². The number of benzene rings is 2. The minimum Gasteiger partial charge on any atom is -0.495 e. The molecule has 3 unspecified atom stereocenters. The number of anilines is 1. The largest absolute Gasteiger partial charge is 0.495 e. The molecule has 2 bridgehead atoms. The second kappa shape index (κ2) is 8.25. The first-order valence-corrected chi connectivity index (χ1v) is 11.2. The lowest BCUT2D eigenvalue weighted by Crippen LogP contribution is -2.57. The van der Waals surface area contributed by atoms with Crippen LogP contribution < -0.4 is 9.64 Å². The van der Waals surface area contributed by atoms with Crippen molar-refractivity contribution >= 4 is 17.5 Å². The molecule has 0 aromatic heterocycles. The number of rotatable bonds is 4. The Balaban J connectivity index is 1.30. The smallest absolute Gasteiger partial charge is 0.254 e. The molecule has 6 heteroatoms. The van der Waals surface area contributed by atoms with Crippen molar-refractivity contribution in [3.8, 4) is 5.75 Å². The highest BCUT2D eigenvalue weighted by molar-refractivity contribution is 5.98. The van der Waals surface area contributed by atoms with Crippen LogP contribution in [-0.2, 0) is 4.79 Å². The number of hydrogen-bond acceptors (Lipinski definition) is 4. The maximum atomic E-state index is 13.6. The van der Waals surface area contributed by atoms with Gasteiger partial charge in [-0.05, 0) is 49.4 Å². The van der Waals surface area contributed by atoms with E-state index in [9.17, 15) is 9.59 Å². The van der Waals surface area contributed by atoms with Gasteiger partial charge in [-0.1, -0.05) is 30.3 Å². The van der Waals surface area contributed by atoms with Gasteiger partial charge in [0.2, 0.25) is 5.91 Å². The van der Waals surface area contributed by atoms with Crippen LogP contribution in [0.15, 0.2) is 54.6 Å². The van der Waals surface area contributed by atoms with Crippen LogP contribution in [0.4, 0.5) is 5.69 Å². The van der Waals surface area contributed by atoms with Crippen LogP contribution in [0.1, 0.15) is 29.6 Å². The first-order chi connectivity index (χ1) is 15.2. The Kier molecular flexibility index (Phi) is 5.30. The summed E-state index contributed by atoms with van der Waals surface area (Å²) in [7, 11) is 1.69. The van der Waals surface area contributed by atoms with Gasteiger partial charge >= 0.3 is 0 Å². The lowest BCUT2D eigenvalue weighted by Gasteiger charge is -2.41. The molecule has 3 aliphatic rings. The van der Waals surface area contributed by atoms with Crippen LogP contribution in [0.5, 0.6) is 5.75 Å². The monoisotopic (exact) mass is 419 g/mol. The van der Waals surface area contributed by atoms with E-state index < -0.39 is 0 Å². The molecule has 162 valence electrons. The number of carbonyl (C=O) groups excluding carboxylic acids is 2. The number of methoxy groups -OCH3 is 1. The van der Waals surface area contributed by atoms with E-state index in [0.717, 1.165) is 43.8 Å². The SMILES string of the molecule is COc1ccccc1N1CCN(C(=O)C2C3CCC(C3)N2C(=O)c2ccccc2)CC1. The summed E-state index contributed by atoms with van der Waals surface area (Å²) in [5.74, 6) is 1.27. The van der Waals surface area contributed by atoms with Crippen molar-refractivity contribution in [2.45, 2.75) is 31.3 Å². The zero-order chi connectivity index (χ0) is 21.4. The lowest BCUT2D eigenvalue weighted by atomic mass is 9.96. The predicted molar refractivity (Wildman–Crippen MR) is 119 cm³/mol. The Morgan fingerprint density at radius 2 is 1.61 bits per heavy atom. The molecular formula is C25H29N3O3. The third-order valence-corrected chi connectivity index (χ3v) is 7.11. The molecule has 2 amide bonds. The normalized spacial score (nSPS) is 25.1. The molecule has 0 spiro atoms. The molecule has 5 rings (SSSR count). The fraction of sp³-hybridized carbons (Fsp3) is 0.440. The average Bonchev–Trinajstić information content (AvgIpc) is 3.46. The maximum absolute atomic E-state index is 13.6. The maximum Gasteiger partial charge on any atom is 0.254 e. The van der Waals surface area contributed by atoms with Gasteiger partial charge in [0.05, 0.1) is 12.8 Å². The Hall–Kier alpha value is -3.02. The molecule has 2 saturated heterocycles. The Labute approximate surface area is 183 Å². The summed E-state index contributed by atoms with van der Waals surface area (Å²) in [5, 5.41) is 0. The highest BCUT2D eigenvalue weighted by Crippen LogP contribution is 2.44. The lowest BCUT2D eigenvalue weighted by molar-refractivity contribution is -0.137. The number of ether oxygens (including phenoxy) is 1. The van der Waals surface area contributed by atoms with Gasteiger partial charge in [0.1, 0.15) is 11.8 Å². The number of carbonyl (C=O) groups is 2. The molecule has 3 fully saturated rings. The summed E-state index contributed by atoms with van der Waals surface area (Å²) in [6.07, 6.45) is 3.01. The van der Waals surface area contributed by atoms with E-state index in [4.69, 9.17) is 4.74 Å². The highest BCUT2D eigenvalue weighted by atomic mass is 16.5. The van der Waals surface area contributed by atoms with Crippen molar-refractivity contribution in [3.05, 3.63) is 60.2 Å². The van der Waals surface area contributed by atoms with Crippen molar-refractivity contribution in [2.24, 2.45) is 5.92 Å². The molecule has 2 aliphatic heterocycles. The number of nitrogens with zero attached hydrogens (tertiary/aromatic N) is 3. The van der Waals surface area contributed by atoms with Gasteiger partial charge in [-0.3, -0.25) is 9.59 Å². The number of fused-ring (bicyclic) bond motifs is 2. The molecule has 31 heavy (non-hydrogen) atoms. The number of amides is 2. The third-order valence-electron chi connectivity index (χ3n) is 7.11. The highest BCUT2D eigenvalue weighted by Gasteiger charge is 2.52. The first kappa shape index (κ1) is 19.9. The average molecular weight is 420 g/mol. The van der Waals surface area contributed by atoms with Crippen molar-refractivity contribution in [2.75, 3.05) is 38.2 Å². The van der Waals surface area contributed by atoms with Crippen LogP contribution in [0.2, 0.25) is 0 Å². The Bertz CT molecular complexity index is 955. The third kappa shape index (κ3) is 3.54. The second-order valence-electron chi connectivity index (χ2n) is 8.73. The summed E-state index contributed by atoms with van der Waals surface area (Å²) in [5.41, 5.74) is 1.74. The fourth-order valence-electron chi connectivity index (χ4n) is 5.57. The van der Waals surface area contributed by atoms with Crippen LogP contribution >= 0.6 is 0 Å². The van der Waals surface area contributed by atoms with Crippen molar-refractivity contribution in [3.63, 3.8) is 0 Å². The van der Waals surface area contributed by atoms with Crippen LogP contribution in [0, 0.1) is 5.92 Å². The molecule has 0 N–H and O–H groups in total. The molecule has 2 heterocycles. The molecule has 2 aromatic carbocycles. The van der Waals surface area contributed by atoms with Crippen molar-refractivity contribution in [1.29, 1.82) is 0 Å². The molecule has 0 radical (unpaired) electrons. The summed E-state index contributed by atoms with van der Waals surface area (Å²) >= 11 is 0. The van der Waals surface area contributed by atoms with Gasteiger partial charge in [-0.15, -0.1) is 0 Å².